The second kappa shape index (κ2) is 8.76. The number of nitrogens with zero attached hydrogens (tertiary/aromatic N) is 2. The molecule has 4 rings (SSSR count). The first kappa shape index (κ1) is 20.8. The minimum Gasteiger partial charge on any atom is -0.376 e. The van der Waals surface area contributed by atoms with Crippen LogP contribution in [0.5, 0.6) is 0 Å². The molecule has 0 aliphatic carbocycles. The highest BCUT2D eigenvalue weighted by molar-refractivity contribution is 6.23. The van der Waals surface area contributed by atoms with Gasteiger partial charge in [-0.25, -0.2) is 0 Å². The number of imide groups is 1. The Labute approximate surface area is 177 Å². The Hall–Kier alpha value is -2.41. The van der Waals surface area contributed by atoms with Crippen LogP contribution in [0.25, 0.3) is 0 Å². The Morgan fingerprint density at radius 1 is 1.20 bits per heavy atom. The van der Waals surface area contributed by atoms with Crippen LogP contribution in [0.4, 0.5) is 5.69 Å². The molecule has 0 aromatic heterocycles. The van der Waals surface area contributed by atoms with Crippen molar-refractivity contribution in [2.75, 3.05) is 37.7 Å². The molecule has 0 spiro atoms. The molecule has 1 N–H and O–H groups in total. The van der Waals surface area contributed by atoms with Crippen molar-refractivity contribution in [3.05, 3.63) is 29.3 Å². The zero-order chi connectivity index (χ0) is 21.3. The first-order valence-corrected chi connectivity index (χ1v) is 11.1. The number of carbonyl (C=O) groups excluding carboxylic acids is 3. The maximum absolute atomic E-state index is 13.2. The number of benzene rings is 1. The van der Waals surface area contributed by atoms with Gasteiger partial charge in [-0.15, -0.1) is 0 Å². The van der Waals surface area contributed by atoms with Crippen LogP contribution in [0.1, 0.15) is 60.2 Å². The van der Waals surface area contributed by atoms with E-state index in [1.165, 1.54) is 4.90 Å². The van der Waals surface area contributed by atoms with E-state index in [2.05, 4.69) is 24.1 Å². The van der Waals surface area contributed by atoms with Crippen molar-refractivity contribution >= 4 is 23.4 Å². The highest BCUT2D eigenvalue weighted by atomic mass is 16.5. The summed E-state index contributed by atoms with van der Waals surface area (Å²) < 4.78 is 5.64. The lowest BCUT2D eigenvalue weighted by atomic mass is 9.95. The Morgan fingerprint density at radius 3 is 2.77 bits per heavy atom. The molecular formula is C23H31N3O4. The highest BCUT2D eigenvalue weighted by Gasteiger charge is 2.40. The monoisotopic (exact) mass is 413 g/mol. The van der Waals surface area contributed by atoms with Crippen molar-refractivity contribution in [2.24, 2.45) is 11.8 Å². The molecule has 162 valence electrons. The van der Waals surface area contributed by atoms with Gasteiger partial charge in [0.1, 0.15) is 0 Å². The van der Waals surface area contributed by atoms with Crippen LogP contribution in [0.15, 0.2) is 18.2 Å². The quantitative estimate of drug-likeness (QED) is 0.725. The van der Waals surface area contributed by atoms with Crippen molar-refractivity contribution in [3.8, 4) is 0 Å². The van der Waals surface area contributed by atoms with Crippen LogP contribution < -0.4 is 10.2 Å². The molecule has 0 unspecified atom stereocenters. The van der Waals surface area contributed by atoms with Gasteiger partial charge in [-0.1, -0.05) is 19.9 Å². The Kier molecular flexibility index (Phi) is 6.09. The molecule has 2 atom stereocenters. The fraction of sp³-hybridized carbons (Fsp3) is 0.609. The van der Waals surface area contributed by atoms with Gasteiger partial charge in [-0.3, -0.25) is 19.3 Å². The molecule has 0 saturated carbocycles. The number of ether oxygens (including phenoxy) is 1. The van der Waals surface area contributed by atoms with E-state index in [9.17, 15) is 14.4 Å². The number of piperidine rings is 1. The third-order valence-electron chi connectivity index (χ3n) is 6.20. The van der Waals surface area contributed by atoms with Gasteiger partial charge in [-0.2, -0.15) is 0 Å². The van der Waals surface area contributed by atoms with Crippen molar-refractivity contribution in [1.29, 1.82) is 0 Å². The first-order chi connectivity index (χ1) is 14.5. The summed E-state index contributed by atoms with van der Waals surface area (Å²) >= 11 is 0. The van der Waals surface area contributed by atoms with Gasteiger partial charge in [0.05, 0.1) is 35.4 Å². The van der Waals surface area contributed by atoms with Crippen LogP contribution in [0.3, 0.4) is 0 Å². The van der Waals surface area contributed by atoms with Gasteiger partial charge >= 0.3 is 0 Å². The minimum atomic E-state index is -0.243. The van der Waals surface area contributed by atoms with E-state index in [-0.39, 0.29) is 29.7 Å². The van der Waals surface area contributed by atoms with E-state index in [4.69, 9.17) is 4.74 Å². The third kappa shape index (κ3) is 4.08. The fourth-order valence-corrected chi connectivity index (χ4v) is 4.60. The summed E-state index contributed by atoms with van der Waals surface area (Å²) in [6, 6.07) is 5.46. The summed E-state index contributed by atoms with van der Waals surface area (Å²) in [5.41, 5.74) is 1.70. The van der Waals surface area contributed by atoms with E-state index in [0.29, 0.717) is 43.3 Å². The lowest BCUT2D eigenvalue weighted by Gasteiger charge is -2.34. The summed E-state index contributed by atoms with van der Waals surface area (Å²) in [7, 11) is 0. The SMILES string of the molecule is CC(C)CNC(=O)[C@@H]1CCCN(c2cccc3c2C(=O)N(C[C@@H]2CCCO2)C3=O)C1. The molecule has 0 radical (unpaired) electrons. The van der Waals surface area contributed by atoms with Gasteiger partial charge in [0.2, 0.25) is 5.91 Å². The average Bonchev–Trinajstić information content (AvgIpc) is 3.35. The van der Waals surface area contributed by atoms with Crippen molar-refractivity contribution < 1.29 is 19.1 Å². The zero-order valence-electron chi connectivity index (χ0n) is 17.9. The molecular weight excluding hydrogens is 382 g/mol. The van der Waals surface area contributed by atoms with E-state index >= 15 is 0 Å². The summed E-state index contributed by atoms with van der Waals surface area (Å²) in [6.07, 6.45) is 3.49. The number of hydrogen-bond donors (Lipinski definition) is 1. The number of amides is 3. The van der Waals surface area contributed by atoms with E-state index in [1.54, 1.807) is 6.07 Å². The van der Waals surface area contributed by atoms with Gasteiger partial charge in [0.25, 0.3) is 11.8 Å². The minimum absolute atomic E-state index is 0.0697. The molecule has 3 aliphatic rings. The number of fused-ring (bicyclic) bond motifs is 1. The van der Waals surface area contributed by atoms with Crippen LogP contribution in [0, 0.1) is 11.8 Å². The molecule has 0 bridgehead atoms. The summed E-state index contributed by atoms with van der Waals surface area (Å²) in [5.74, 6) is -0.112. The Balaban J connectivity index is 1.52. The zero-order valence-corrected chi connectivity index (χ0v) is 17.9. The standard InChI is InChI=1S/C23H31N3O4/c1-15(2)12-24-21(27)16-6-4-10-25(13-16)19-9-3-8-18-20(19)23(29)26(22(18)28)14-17-7-5-11-30-17/h3,8-9,15-17H,4-7,10-14H2,1-2H3,(H,24,27)/t16-,17+/m1/s1. The molecule has 7 nitrogen and oxygen atoms in total. The van der Waals surface area contributed by atoms with Gasteiger partial charge in [-0.05, 0) is 43.7 Å². The third-order valence-corrected chi connectivity index (χ3v) is 6.20. The van der Waals surface area contributed by atoms with Crippen LogP contribution >= 0.6 is 0 Å². The second-order valence-electron chi connectivity index (χ2n) is 8.98. The van der Waals surface area contributed by atoms with Gasteiger partial charge in [0.15, 0.2) is 0 Å². The summed E-state index contributed by atoms with van der Waals surface area (Å²) in [5, 5.41) is 3.03. The van der Waals surface area contributed by atoms with Crippen molar-refractivity contribution in [2.45, 2.75) is 45.6 Å². The lowest BCUT2D eigenvalue weighted by Crippen LogP contribution is -2.44. The number of nitrogens with one attached hydrogen (secondary N) is 1. The molecule has 3 heterocycles. The Bertz CT molecular complexity index is 832. The molecule has 30 heavy (non-hydrogen) atoms. The number of rotatable bonds is 6. The van der Waals surface area contributed by atoms with E-state index in [1.807, 2.05) is 12.1 Å². The Morgan fingerprint density at radius 2 is 2.03 bits per heavy atom. The van der Waals surface area contributed by atoms with E-state index in [0.717, 1.165) is 37.9 Å². The van der Waals surface area contributed by atoms with Crippen LogP contribution in [-0.2, 0) is 9.53 Å². The largest absolute Gasteiger partial charge is 0.376 e. The molecule has 7 heteroatoms. The summed E-state index contributed by atoms with van der Waals surface area (Å²) in [4.78, 5) is 42.1. The number of carbonyl (C=O) groups is 3. The maximum atomic E-state index is 13.2. The number of anilines is 1. The second-order valence-corrected chi connectivity index (χ2v) is 8.98. The molecule has 1 aromatic rings. The molecule has 1 aromatic carbocycles. The predicted molar refractivity (Wildman–Crippen MR) is 114 cm³/mol. The first-order valence-electron chi connectivity index (χ1n) is 11.1. The fourth-order valence-electron chi connectivity index (χ4n) is 4.60. The van der Waals surface area contributed by atoms with E-state index < -0.39 is 0 Å². The normalized spacial score (nSPS) is 24.0. The average molecular weight is 414 g/mol. The van der Waals surface area contributed by atoms with Crippen LogP contribution in [-0.4, -0.2) is 61.5 Å². The molecule has 3 aliphatic heterocycles. The highest BCUT2D eigenvalue weighted by Crippen LogP contribution is 2.34. The van der Waals surface area contributed by atoms with Gasteiger partial charge in [0, 0.05) is 26.2 Å². The molecule has 2 saturated heterocycles. The van der Waals surface area contributed by atoms with Crippen molar-refractivity contribution in [3.63, 3.8) is 0 Å². The molecule has 3 amide bonds. The van der Waals surface area contributed by atoms with Gasteiger partial charge < -0.3 is 15.0 Å². The maximum Gasteiger partial charge on any atom is 0.263 e. The summed E-state index contributed by atoms with van der Waals surface area (Å²) in [6.45, 7) is 7.16. The predicted octanol–water partition coefficient (Wildman–Crippen LogP) is 2.45. The topological polar surface area (TPSA) is 79.0 Å². The van der Waals surface area contributed by atoms with Crippen molar-refractivity contribution in [1.82, 2.24) is 10.2 Å². The number of hydrogen-bond acceptors (Lipinski definition) is 5. The lowest BCUT2D eigenvalue weighted by molar-refractivity contribution is -0.125. The molecule has 2 fully saturated rings. The van der Waals surface area contributed by atoms with Crippen LogP contribution in [0.2, 0.25) is 0 Å². The smallest absolute Gasteiger partial charge is 0.263 e.